The quantitative estimate of drug-likeness (QED) is 0.411. The molecule has 1 heterocycles. The Bertz CT molecular complexity index is 657. The van der Waals surface area contributed by atoms with E-state index in [9.17, 15) is 0 Å². The van der Waals surface area contributed by atoms with E-state index in [0.717, 1.165) is 44.8 Å². The Labute approximate surface area is 160 Å². The first kappa shape index (κ1) is 20.9. The molecule has 1 aromatic carbocycles. The molecule has 0 amide bonds. The monoisotopic (exact) mass is 373 g/mol. The van der Waals surface area contributed by atoms with Crippen LogP contribution < -0.4 is 4.74 Å². The maximum Gasteiger partial charge on any atom is 0.191 e. The van der Waals surface area contributed by atoms with Crippen molar-refractivity contribution in [2.45, 2.75) is 65.1 Å². The summed E-state index contributed by atoms with van der Waals surface area (Å²) in [5, 5.41) is 0.280. The fourth-order valence-corrected chi connectivity index (χ4v) is 3.82. The predicted molar refractivity (Wildman–Crippen MR) is 115 cm³/mol. The molecule has 2 rings (SSSR count). The summed E-state index contributed by atoms with van der Waals surface area (Å²) in [5.74, 6) is 0.960. The van der Waals surface area contributed by atoms with Gasteiger partial charge in [0.25, 0.3) is 0 Å². The fourth-order valence-electron chi connectivity index (χ4n) is 2.73. The van der Waals surface area contributed by atoms with Crippen LogP contribution in [0.25, 0.3) is 5.57 Å². The first-order valence-electron chi connectivity index (χ1n) is 9.76. The van der Waals surface area contributed by atoms with E-state index >= 15 is 0 Å². The van der Waals surface area contributed by atoms with Crippen molar-refractivity contribution in [1.82, 2.24) is 0 Å². The average Bonchev–Trinajstić information content (AvgIpc) is 2.58. The van der Waals surface area contributed by atoms with Gasteiger partial charge in [0.2, 0.25) is 0 Å². The lowest BCUT2D eigenvalue weighted by Gasteiger charge is -2.36. The van der Waals surface area contributed by atoms with Crippen molar-refractivity contribution in [1.29, 1.82) is 0 Å². The lowest BCUT2D eigenvalue weighted by molar-refractivity contribution is 0.252. The lowest BCUT2D eigenvalue weighted by Crippen LogP contribution is -2.41. The number of benzene rings is 1. The van der Waals surface area contributed by atoms with E-state index in [1.807, 2.05) is 6.21 Å². The van der Waals surface area contributed by atoms with Crippen molar-refractivity contribution in [2.24, 2.45) is 4.99 Å². The highest BCUT2D eigenvalue weighted by molar-refractivity contribution is 6.74. The zero-order valence-corrected chi connectivity index (χ0v) is 18.4. The number of rotatable bonds is 8. The molecule has 0 radical (unpaired) electrons. The number of nitrogens with zero attached hydrogens (tertiary/aromatic N) is 1. The maximum absolute atomic E-state index is 6.21. The topological polar surface area (TPSA) is 30.8 Å². The van der Waals surface area contributed by atoms with Crippen LogP contribution in [0.3, 0.4) is 0 Å². The van der Waals surface area contributed by atoms with Gasteiger partial charge in [0, 0.05) is 19.2 Å². The molecular weight excluding hydrogens is 338 g/mol. The fraction of sp³-hybridized carbons (Fsp3) is 0.591. The Kier molecular flexibility index (Phi) is 7.24. The number of hydrogen-bond donors (Lipinski definition) is 0. The molecule has 0 unspecified atom stereocenters. The molecule has 0 aromatic heterocycles. The van der Waals surface area contributed by atoms with Crippen LogP contribution in [0.1, 0.15) is 51.2 Å². The molecule has 3 nitrogen and oxygen atoms in total. The summed E-state index contributed by atoms with van der Waals surface area (Å²) in [7, 11) is -1.61. The molecular formula is C22H35NO2Si. The predicted octanol–water partition coefficient (Wildman–Crippen LogP) is 6.03. The van der Waals surface area contributed by atoms with E-state index in [-0.39, 0.29) is 5.04 Å². The van der Waals surface area contributed by atoms with Crippen molar-refractivity contribution in [3.8, 4) is 5.75 Å². The Morgan fingerprint density at radius 3 is 2.46 bits per heavy atom. The zero-order valence-electron chi connectivity index (χ0n) is 17.4. The Balaban J connectivity index is 1.73. The van der Waals surface area contributed by atoms with Crippen LogP contribution in [0.4, 0.5) is 0 Å². The van der Waals surface area contributed by atoms with Crippen LogP contribution in [0, 0.1) is 6.92 Å². The molecule has 0 spiro atoms. The molecule has 0 bridgehead atoms. The van der Waals surface area contributed by atoms with E-state index in [0.29, 0.717) is 0 Å². The highest BCUT2D eigenvalue weighted by Crippen LogP contribution is 2.36. The molecule has 1 aliphatic rings. The first-order chi connectivity index (χ1) is 12.2. The number of unbranched alkanes of at least 4 members (excludes halogenated alkanes) is 1. The van der Waals surface area contributed by atoms with Crippen molar-refractivity contribution >= 4 is 20.1 Å². The van der Waals surface area contributed by atoms with Gasteiger partial charge in [0.15, 0.2) is 8.32 Å². The van der Waals surface area contributed by atoms with E-state index in [1.165, 1.54) is 16.7 Å². The third-order valence-corrected chi connectivity index (χ3v) is 10.0. The summed E-state index contributed by atoms with van der Waals surface area (Å²) in [6.07, 6.45) is 7.22. The molecule has 0 N–H and O–H groups in total. The molecule has 0 aliphatic carbocycles. The largest absolute Gasteiger partial charge is 0.494 e. The summed E-state index contributed by atoms with van der Waals surface area (Å²) >= 11 is 0. The molecule has 1 aromatic rings. The summed E-state index contributed by atoms with van der Waals surface area (Å²) in [6.45, 7) is 16.0. The standard InChI is InChI=1S/C22H35NO2Si/c1-18-17-20(9-10-21(18)19-11-13-23-14-12-19)24-15-7-8-16-25-26(5,6)22(2,3)4/h9-11,14,17H,7-8,12-13,15-16H2,1-6H3. The van der Waals surface area contributed by atoms with Gasteiger partial charge < -0.3 is 9.16 Å². The second kappa shape index (κ2) is 9.00. The van der Waals surface area contributed by atoms with Gasteiger partial charge in [-0.3, -0.25) is 4.99 Å². The van der Waals surface area contributed by atoms with Crippen molar-refractivity contribution < 1.29 is 9.16 Å². The minimum Gasteiger partial charge on any atom is -0.494 e. The second-order valence-electron chi connectivity index (χ2n) is 8.62. The third kappa shape index (κ3) is 5.81. The van der Waals surface area contributed by atoms with Gasteiger partial charge in [-0.05, 0) is 66.7 Å². The summed E-state index contributed by atoms with van der Waals surface area (Å²) in [4.78, 5) is 4.26. The van der Waals surface area contributed by atoms with Crippen LogP contribution in [0.5, 0.6) is 5.75 Å². The van der Waals surface area contributed by atoms with Crippen LogP contribution in [0.2, 0.25) is 18.1 Å². The lowest BCUT2D eigenvalue weighted by atomic mass is 9.97. The minimum atomic E-state index is -1.61. The second-order valence-corrected chi connectivity index (χ2v) is 13.4. The summed E-state index contributed by atoms with van der Waals surface area (Å²) in [5.41, 5.74) is 3.95. The van der Waals surface area contributed by atoms with Gasteiger partial charge in [0.1, 0.15) is 5.75 Å². The van der Waals surface area contributed by atoms with Crippen molar-refractivity contribution in [2.75, 3.05) is 19.8 Å². The van der Waals surface area contributed by atoms with E-state index in [4.69, 9.17) is 9.16 Å². The summed E-state index contributed by atoms with van der Waals surface area (Å²) < 4.78 is 12.2. The molecule has 0 atom stereocenters. The highest BCUT2D eigenvalue weighted by Gasteiger charge is 2.36. The smallest absolute Gasteiger partial charge is 0.191 e. The van der Waals surface area contributed by atoms with Crippen LogP contribution >= 0.6 is 0 Å². The van der Waals surface area contributed by atoms with Crippen LogP contribution in [-0.2, 0) is 4.43 Å². The summed E-state index contributed by atoms with van der Waals surface area (Å²) in [6, 6.07) is 6.41. The molecule has 1 aliphatic heterocycles. The van der Waals surface area contributed by atoms with Gasteiger partial charge in [-0.2, -0.15) is 0 Å². The zero-order chi connectivity index (χ0) is 19.2. The van der Waals surface area contributed by atoms with Gasteiger partial charge in [-0.25, -0.2) is 0 Å². The van der Waals surface area contributed by atoms with Crippen LogP contribution in [0.15, 0.2) is 29.3 Å². The van der Waals surface area contributed by atoms with E-state index in [1.54, 1.807) is 0 Å². The third-order valence-electron chi connectivity index (χ3n) is 5.50. The van der Waals surface area contributed by atoms with Gasteiger partial charge in [0.05, 0.1) is 13.2 Å². The minimum absolute atomic E-state index is 0.280. The maximum atomic E-state index is 6.21. The first-order valence-corrected chi connectivity index (χ1v) is 12.7. The highest BCUT2D eigenvalue weighted by atomic mass is 28.4. The number of ether oxygens (including phenoxy) is 1. The number of dihydropyridines is 1. The molecule has 26 heavy (non-hydrogen) atoms. The van der Waals surface area contributed by atoms with E-state index in [2.05, 4.69) is 70.1 Å². The van der Waals surface area contributed by atoms with Gasteiger partial charge in [-0.1, -0.05) is 32.9 Å². The Morgan fingerprint density at radius 1 is 1.12 bits per heavy atom. The molecule has 4 heteroatoms. The number of aliphatic imine (C=N–C) groups is 1. The van der Waals surface area contributed by atoms with Crippen molar-refractivity contribution in [3.05, 3.63) is 35.4 Å². The van der Waals surface area contributed by atoms with Gasteiger partial charge in [-0.15, -0.1) is 0 Å². The molecule has 0 saturated heterocycles. The molecule has 144 valence electrons. The molecule has 0 fully saturated rings. The SMILES string of the molecule is Cc1cc(OCCCCO[Si](C)(C)C(C)(C)C)ccc1C1=CCN=CC1. The normalized spacial score (nSPS) is 15.1. The van der Waals surface area contributed by atoms with E-state index < -0.39 is 8.32 Å². The Hall–Kier alpha value is -1.39. The number of hydrogen-bond acceptors (Lipinski definition) is 3. The number of aryl methyl sites for hydroxylation is 1. The van der Waals surface area contributed by atoms with Crippen LogP contribution in [-0.4, -0.2) is 34.3 Å². The van der Waals surface area contributed by atoms with Crippen molar-refractivity contribution in [3.63, 3.8) is 0 Å². The van der Waals surface area contributed by atoms with Gasteiger partial charge >= 0.3 is 0 Å². The average molecular weight is 374 g/mol. The Morgan fingerprint density at radius 2 is 1.85 bits per heavy atom. The molecule has 0 saturated carbocycles. The number of allylic oxidation sites excluding steroid dienone is 1.